The summed E-state index contributed by atoms with van der Waals surface area (Å²) in [6.45, 7) is 6.31. The first-order valence-corrected chi connectivity index (χ1v) is 29.5. The Morgan fingerprint density at radius 2 is 0.527 bits per heavy atom. The fourth-order valence-corrected chi connectivity index (χ4v) is 7.42. The number of carbonyl (C=O) groups excluding carboxylic acids is 3. The molecule has 0 amide bonds. The molecule has 414 valence electrons. The second-order valence-corrected chi connectivity index (χ2v) is 18.8. The van der Waals surface area contributed by atoms with Gasteiger partial charge in [-0.05, 0) is 128 Å². The average Bonchev–Trinajstić information content (AvgIpc) is 3.40. The lowest BCUT2D eigenvalue weighted by Crippen LogP contribution is -2.30. The zero-order chi connectivity index (χ0) is 53.6. The predicted molar refractivity (Wildman–Crippen MR) is 320 cm³/mol. The minimum Gasteiger partial charge on any atom is -0.462 e. The molecule has 1 atom stereocenters. The Morgan fingerprint density at radius 3 is 0.838 bits per heavy atom. The van der Waals surface area contributed by atoms with Gasteiger partial charge in [-0.2, -0.15) is 0 Å². The summed E-state index contributed by atoms with van der Waals surface area (Å²) in [5.41, 5.74) is 0. The monoisotopic (exact) mass is 1020 g/mol. The molecule has 0 aromatic rings. The van der Waals surface area contributed by atoms with Gasteiger partial charge in [0.25, 0.3) is 0 Å². The van der Waals surface area contributed by atoms with Crippen LogP contribution in [0.15, 0.2) is 158 Å². The predicted octanol–water partition coefficient (Wildman–Crippen LogP) is 20.1. The smallest absolute Gasteiger partial charge is 0.306 e. The van der Waals surface area contributed by atoms with Gasteiger partial charge >= 0.3 is 17.9 Å². The molecule has 0 fully saturated rings. The van der Waals surface area contributed by atoms with Crippen LogP contribution < -0.4 is 0 Å². The highest BCUT2D eigenvalue weighted by atomic mass is 16.6. The topological polar surface area (TPSA) is 78.9 Å². The Kier molecular flexibility index (Phi) is 56.5. The third-order valence-electron chi connectivity index (χ3n) is 11.8. The van der Waals surface area contributed by atoms with Crippen LogP contribution in [0, 0.1) is 0 Å². The Balaban J connectivity index is 4.24. The van der Waals surface area contributed by atoms with Crippen molar-refractivity contribution in [2.24, 2.45) is 0 Å². The van der Waals surface area contributed by atoms with Gasteiger partial charge in [-0.15, -0.1) is 0 Å². The van der Waals surface area contributed by atoms with Gasteiger partial charge in [-0.3, -0.25) is 14.4 Å². The van der Waals surface area contributed by atoms with E-state index in [9.17, 15) is 14.4 Å². The maximum absolute atomic E-state index is 12.8. The first-order chi connectivity index (χ1) is 36.5. The van der Waals surface area contributed by atoms with Gasteiger partial charge in [0.2, 0.25) is 0 Å². The number of ether oxygens (including phenoxy) is 3. The van der Waals surface area contributed by atoms with Crippen molar-refractivity contribution in [3.05, 3.63) is 158 Å². The highest BCUT2D eigenvalue weighted by Crippen LogP contribution is 2.13. The molecule has 1 unspecified atom stereocenters. The molecule has 0 rings (SSSR count). The molecule has 0 aromatic carbocycles. The van der Waals surface area contributed by atoms with Crippen LogP contribution in [0.5, 0.6) is 0 Å². The average molecular weight is 1020 g/mol. The summed E-state index contributed by atoms with van der Waals surface area (Å²) in [4.78, 5) is 37.9. The van der Waals surface area contributed by atoms with Gasteiger partial charge in [0.1, 0.15) is 13.2 Å². The van der Waals surface area contributed by atoms with Gasteiger partial charge in [-0.1, -0.05) is 243 Å². The van der Waals surface area contributed by atoms with Crippen LogP contribution >= 0.6 is 0 Å². The minimum absolute atomic E-state index is 0.103. The molecule has 0 saturated heterocycles. The molecule has 0 aliphatic carbocycles. The molecule has 0 aliphatic rings. The van der Waals surface area contributed by atoms with E-state index >= 15 is 0 Å². The lowest BCUT2D eigenvalue weighted by atomic mass is 10.1. The molecule has 0 N–H and O–H groups in total. The zero-order valence-corrected chi connectivity index (χ0v) is 47.3. The largest absolute Gasteiger partial charge is 0.462 e. The van der Waals surface area contributed by atoms with E-state index in [1.807, 2.05) is 0 Å². The number of esters is 3. The summed E-state index contributed by atoms with van der Waals surface area (Å²) >= 11 is 0. The molecule has 0 aliphatic heterocycles. The summed E-state index contributed by atoms with van der Waals surface area (Å²) in [7, 11) is 0. The lowest BCUT2D eigenvalue weighted by Gasteiger charge is -2.18. The van der Waals surface area contributed by atoms with E-state index in [0.717, 1.165) is 161 Å². The first-order valence-electron chi connectivity index (χ1n) is 29.5. The molecule has 0 bridgehead atoms. The van der Waals surface area contributed by atoms with Crippen molar-refractivity contribution in [1.82, 2.24) is 0 Å². The number of allylic oxidation sites excluding steroid dienone is 26. The Bertz CT molecular complexity index is 1690. The summed E-state index contributed by atoms with van der Waals surface area (Å²) in [6.07, 6.45) is 88.4. The molecule has 0 radical (unpaired) electrons. The van der Waals surface area contributed by atoms with Crippen LogP contribution in [-0.2, 0) is 28.6 Å². The van der Waals surface area contributed by atoms with Crippen molar-refractivity contribution < 1.29 is 28.6 Å². The van der Waals surface area contributed by atoms with Crippen LogP contribution in [0.3, 0.4) is 0 Å². The summed E-state index contributed by atoms with van der Waals surface area (Å²) in [5.74, 6) is -0.973. The third kappa shape index (κ3) is 57.9. The number of hydrogen-bond donors (Lipinski definition) is 0. The van der Waals surface area contributed by atoms with E-state index in [1.165, 1.54) is 32.1 Å². The molecule has 0 saturated carbocycles. The Hall–Kier alpha value is -4.97. The highest BCUT2D eigenvalue weighted by molar-refractivity contribution is 5.71. The fourth-order valence-electron chi connectivity index (χ4n) is 7.42. The number of rotatable bonds is 51. The highest BCUT2D eigenvalue weighted by Gasteiger charge is 2.19. The zero-order valence-electron chi connectivity index (χ0n) is 47.3. The normalized spacial score (nSPS) is 13.3. The van der Waals surface area contributed by atoms with E-state index in [-0.39, 0.29) is 37.5 Å². The molecule has 0 heterocycles. The molecule has 6 heteroatoms. The Morgan fingerprint density at radius 1 is 0.284 bits per heavy atom. The van der Waals surface area contributed by atoms with Crippen molar-refractivity contribution in [2.45, 2.75) is 239 Å². The maximum atomic E-state index is 12.8. The van der Waals surface area contributed by atoms with Gasteiger partial charge in [0, 0.05) is 19.3 Å². The standard InChI is InChI=1S/C68H106O6/c1-4-7-10-13-16-19-21-23-24-25-26-27-28-29-30-31-32-33-34-35-36-37-38-39-40-41-42-43-44-46-47-49-52-55-58-61-67(70)73-64-65(63-72-66(69)60-57-54-51-18-15-12-9-6-3)74-68(71)62-59-56-53-50-48-45-22-20-17-14-11-8-5-2/h7-8,10-11,16-17,19-20,23-24,26-27,29-30,32-33,35-36,38-39,41-42,44-46,48,65H,4-6,9,12-15,18,21-22,25,28,31,34,37,40,43,47,49-64H2,1-3H3/b10-7-,11-8-,19-16-,20-17-,24-23-,27-26-,30-29-,33-32-,36-35-,39-38-,42-41-,46-44-,48-45-. The number of unbranched alkanes of at least 4 members (excludes halogenated alkanes) is 14. The van der Waals surface area contributed by atoms with Crippen molar-refractivity contribution >= 4 is 17.9 Å². The molecule has 74 heavy (non-hydrogen) atoms. The van der Waals surface area contributed by atoms with Crippen LogP contribution in [0.1, 0.15) is 233 Å². The second-order valence-electron chi connectivity index (χ2n) is 18.8. The molecular formula is C68H106O6. The molecular weight excluding hydrogens is 913 g/mol. The SMILES string of the molecule is CC/C=C\C/C=C\C/C=C\C/C=C\C/C=C\C/C=C\C/C=C\C/C=C\C/C=C\C/C=C\CCCCCCC(=O)OCC(COC(=O)CCCCCCCCCC)OC(=O)CCCCC/C=C\C/C=C\C/C=C\CC. The Labute approximate surface area is 454 Å². The van der Waals surface area contributed by atoms with Crippen molar-refractivity contribution in [3.63, 3.8) is 0 Å². The summed E-state index contributed by atoms with van der Waals surface area (Å²) in [6, 6.07) is 0. The van der Waals surface area contributed by atoms with Crippen LogP contribution in [0.25, 0.3) is 0 Å². The molecule has 0 spiro atoms. The quantitative estimate of drug-likeness (QED) is 0.0261. The number of carbonyl (C=O) groups is 3. The third-order valence-corrected chi connectivity index (χ3v) is 11.8. The lowest BCUT2D eigenvalue weighted by molar-refractivity contribution is -0.167. The van der Waals surface area contributed by atoms with Crippen molar-refractivity contribution in [3.8, 4) is 0 Å². The van der Waals surface area contributed by atoms with E-state index in [1.54, 1.807) is 0 Å². The van der Waals surface area contributed by atoms with E-state index in [4.69, 9.17) is 14.2 Å². The van der Waals surface area contributed by atoms with Crippen LogP contribution in [0.2, 0.25) is 0 Å². The van der Waals surface area contributed by atoms with E-state index in [0.29, 0.717) is 12.8 Å². The van der Waals surface area contributed by atoms with Crippen molar-refractivity contribution in [1.29, 1.82) is 0 Å². The number of hydrogen-bond acceptors (Lipinski definition) is 6. The van der Waals surface area contributed by atoms with Crippen LogP contribution in [0.4, 0.5) is 0 Å². The maximum Gasteiger partial charge on any atom is 0.306 e. The molecule has 6 nitrogen and oxygen atoms in total. The van der Waals surface area contributed by atoms with Crippen LogP contribution in [-0.4, -0.2) is 37.2 Å². The van der Waals surface area contributed by atoms with Gasteiger partial charge < -0.3 is 14.2 Å². The van der Waals surface area contributed by atoms with Gasteiger partial charge in [0.15, 0.2) is 6.10 Å². The molecule has 0 aromatic heterocycles. The summed E-state index contributed by atoms with van der Waals surface area (Å²) in [5, 5.41) is 0. The summed E-state index contributed by atoms with van der Waals surface area (Å²) < 4.78 is 16.7. The van der Waals surface area contributed by atoms with Gasteiger partial charge in [-0.25, -0.2) is 0 Å². The van der Waals surface area contributed by atoms with E-state index in [2.05, 4.69) is 179 Å². The van der Waals surface area contributed by atoms with E-state index < -0.39 is 6.10 Å². The minimum atomic E-state index is -0.807. The second kappa shape index (κ2) is 60.6. The fraction of sp³-hybridized carbons (Fsp3) is 0.574. The van der Waals surface area contributed by atoms with Gasteiger partial charge in [0.05, 0.1) is 0 Å². The first kappa shape index (κ1) is 69.0. The van der Waals surface area contributed by atoms with Crippen molar-refractivity contribution in [2.75, 3.05) is 13.2 Å².